The molecule has 0 fully saturated rings. The molecule has 0 radical (unpaired) electrons. The molecule has 20 heavy (non-hydrogen) atoms. The van der Waals surface area contributed by atoms with Crippen LogP contribution in [0.1, 0.15) is 31.7 Å². The summed E-state index contributed by atoms with van der Waals surface area (Å²) in [5.74, 6) is 2.58. The van der Waals surface area contributed by atoms with Crippen molar-refractivity contribution in [1.82, 2.24) is 15.3 Å². The van der Waals surface area contributed by atoms with Gasteiger partial charge in [-0.2, -0.15) is 0 Å². The minimum absolute atomic E-state index is 0.681. The Morgan fingerprint density at radius 1 is 1.20 bits per heavy atom. The summed E-state index contributed by atoms with van der Waals surface area (Å²) in [4.78, 5) is 7.24. The van der Waals surface area contributed by atoms with E-state index < -0.39 is 0 Å². The highest BCUT2D eigenvalue weighted by atomic mass is 16.5. The Morgan fingerprint density at radius 3 is 2.65 bits per heavy atom. The quantitative estimate of drug-likeness (QED) is 0.777. The van der Waals surface area contributed by atoms with E-state index in [-0.39, 0.29) is 0 Å². The predicted octanol–water partition coefficient (Wildman–Crippen LogP) is 3.12. The van der Waals surface area contributed by atoms with E-state index in [1.807, 2.05) is 18.3 Å². The molecule has 2 N–H and O–H groups in total. The monoisotopic (exact) mass is 273 g/mol. The molecule has 0 saturated carbocycles. The highest BCUT2D eigenvalue weighted by Gasteiger charge is 1.99. The van der Waals surface area contributed by atoms with E-state index in [0.29, 0.717) is 5.92 Å². The van der Waals surface area contributed by atoms with Crippen LogP contribution in [-0.2, 0) is 13.1 Å². The molecule has 2 aromatic rings. The van der Waals surface area contributed by atoms with E-state index in [4.69, 9.17) is 4.74 Å². The molecule has 4 nitrogen and oxygen atoms in total. The van der Waals surface area contributed by atoms with Crippen molar-refractivity contribution in [2.45, 2.75) is 33.4 Å². The molecule has 0 bridgehead atoms. The van der Waals surface area contributed by atoms with Gasteiger partial charge >= 0.3 is 0 Å². The predicted molar refractivity (Wildman–Crippen MR) is 80.5 cm³/mol. The van der Waals surface area contributed by atoms with Gasteiger partial charge in [0.05, 0.1) is 13.2 Å². The second kappa shape index (κ2) is 7.70. The van der Waals surface area contributed by atoms with Crippen LogP contribution < -0.4 is 10.1 Å². The highest BCUT2D eigenvalue weighted by molar-refractivity contribution is 5.27. The lowest BCUT2D eigenvalue weighted by Gasteiger charge is -2.09. The molecule has 1 aromatic carbocycles. The van der Waals surface area contributed by atoms with Gasteiger partial charge in [0.2, 0.25) is 0 Å². The standard InChI is InChI=1S/C16H23N3O/c1-13(2)7-10-20-15-5-3-14(4-6-15)11-17-12-16-18-8-9-19-16/h3-6,8-9,13,17H,7,10-12H2,1-2H3,(H,18,19). The van der Waals surface area contributed by atoms with E-state index in [1.54, 1.807) is 6.20 Å². The summed E-state index contributed by atoms with van der Waals surface area (Å²) in [5, 5.41) is 3.35. The van der Waals surface area contributed by atoms with Crippen molar-refractivity contribution < 1.29 is 4.74 Å². The van der Waals surface area contributed by atoms with Crippen molar-refractivity contribution in [2.75, 3.05) is 6.61 Å². The third kappa shape index (κ3) is 5.05. The van der Waals surface area contributed by atoms with Crippen LogP contribution in [0.15, 0.2) is 36.7 Å². The second-order valence-corrected chi connectivity index (χ2v) is 5.31. The number of nitrogens with zero attached hydrogens (tertiary/aromatic N) is 1. The lowest BCUT2D eigenvalue weighted by Crippen LogP contribution is -2.13. The van der Waals surface area contributed by atoms with Crippen molar-refractivity contribution in [1.29, 1.82) is 0 Å². The zero-order chi connectivity index (χ0) is 14.2. The highest BCUT2D eigenvalue weighted by Crippen LogP contribution is 2.13. The van der Waals surface area contributed by atoms with Crippen molar-refractivity contribution >= 4 is 0 Å². The maximum Gasteiger partial charge on any atom is 0.120 e. The zero-order valence-electron chi connectivity index (χ0n) is 12.2. The molecule has 0 amide bonds. The number of rotatable bonds is 8. The fourth-order valence-electron chi connectivity index (χ4n) is 1.84. The molecule has 0 aliphatic carbocycles. The number of H-pyrrole nitrogens is 1. The van der Waals surface area contributed by atoms with Crippen LogP contribution in [0.4, 0.5) is 0 Å². The van der Waals surface area contributed by atoms with Gasteiger partial charge in [-0.15, -0.1) is 0 Å². The average Bonchev–Trinajstić information content (AvgIpc) is 2.93. The Morgan fingerprint density at radius 2 is 2.00 bits per heavy atom. The van der Waals surface area contributed by atoms with Gasteiger partial charge in [-0.1, -0.05) is 26.0 Å². The van der Waals surface area contributed by atoms with E-state index >= 15 is 0 Å². The van der Waals surface area contributed by atoms with Crippen molar-refractivity contribution in [2.24, 2.45) is 5.92 Å². The summed E-state index contributed by atoms with van der Waals surface area (Å²) < 4.78 is 5.70. The number of nitrogens with one attached hydrogen (secondary N) is 2. The van der Waals surface area contributed by atoms with Crippen molar-refractivity contribution in [3.05, 3.63) is 48.0 Å². The Labute approximate surface area is 120 Å². The fraction of sp³-hybridized carbons (Fsp3) is 0.438. The third-order valence-electron chi connectivity index (χ3n) is 3.06. The molecule has 0 atom stereocenters. The summed E-state index contributed by atoms with van der Waals surface area (Å²) >= 11 is 0. The van der Waals surface area contributed by atoms with E-state index in [0.717, 1.165) is 37.7 Å². The van der Waals surface area contributed by atoms with Crippen LogP contribution in [0.5, 0.6) is 5.75 Å². The van der Waals surface area contributed by atoms with Crippen LogP contribution in [0.2, 0.25) is 0 Å². The smallest absolute Gasteiger partial charge is 0.120 e. The summed E-state index contributed by atoms with van der Waals surface area (Å²) in [6, 6.07) is 8.26. The van der Waals surface area contributed by atoms with Crippen LogP contribution in [0.25, 0.3) is 0 Å². The van der Waals surface area contributed by atoms with Gasteiger partial charge in [-0.25, -0.2) is 4.98 Å². The molecule has 0 spiro atoms. The van der Waals surface area contributed by atoms with Gasteiger partial charge < -0.3 is 15.0 Å². The first-order valence-corrected chi connectivity index (χ1v) is 7.15. The van der Waals surface area contributed by atoms with Gasteiger partial charge in [-0.3, -0.25) is 0 Å². The minimum Gasteiger partial charge on any atom is -0.494 e. The summed E-state index contributed by atoms with van der Waals surface area (Å²) in [5.41, 5.74) is 1.24. The molecule has 1 aromatic heterocycles. The Kier molecular flexibility index (Phi) is 5.62. The van der Waals surface area contributed by atoms with Crippen LogP contribution in [0.3, 0.4) is 0 Å². The lowest BCUT2D eigenvalue weighted by molar-refractivity contribution is 0.289. The Hall–Kier alpha value is -1.81. The number of aromatic amines is 1. The Balaban J connectivity index is 1.71. The van der Waals surface area contributed by atoms with Crippen LogP contribution in [-0.4, -0.2) is 16.6 Å². The molecule has 4 heteroatoms. The van der Waals surface area contributed by atoms with Crippen molar-refractivity contribution in [3.8, 4) is 5.75 Å². The number of hydrogen-bond acceptors (Lipinski definition) is 3. The van der Waals surface area contributed by atoms with Gasteiger partial charge in [0, 0.05) is 18.9 Å². The first-order valence-electron chi connectivity index (χ1n) is 7.15. The van der Waals surface area contributed by atoms with Crippen LogP contribution in [0, 0.1) is 5.92 Å². The van der Waals surface area contributed by atoms with Gasteiger partial charge in [0.25, 0.3) is 0 Å². The van der Waals surface area contributed by atoms with Gasteiger partial charge in [0.1, 0.15) is 11.6 Å². The topological polar surface area (TPSA) is 49.9 Å². The minimum atomic E-state index is 0.681. The number of benzene rings is 1. The Bertz CT molecular complexity index is 477. The van der Waals surface area contributed by atoms with Crippen LogP contribution >= 0.6 is 0 Å². The zero-order valence-corrected chi connectivity index (χ0v) is 12.2. The number of aromatic nitrogens is 2. The summed E-state index contributed by atoms with van der Waals surface area (Å²) in [6.45, 7) is 6.77. The SMILES string of the molecule is CC(C)CCOc1ccc(CNCc2ncc[nH]2)cc1. The average molecular weight is 273 g/mol. The van der Waals surface area contributed by atoms with E-state index in [2.05, 4.69) is 41.3 Å². The lowest BCUT2D eigenvalue weighted by atomic mass is 10.1. The first-order chi connectivity index (χ1) is 9.74. The molecule has 1 heterocycles. The normalized spacial score (nSPS) is 10.9. The molecule has 0 unspecified atom stereocenters. The summed E-state index contributed by atoms with van der Waals surface area (Å²) in [6.07, 6.45) is 4.69. The number of imidazole rings is 1. The van der Waals surface area contributed by atoms with Crippen molar-refractivity contribution in [3.63, 3.8) is 0 Å². The fourth-order valence-corrected chi connectivity index (χ4v) is 1.84. The van der Waals surface area contributed by atoms with E-state index in [9.17, 15) is 0 Å². The maximum absolute atomic E-state index is 5.70. The van der Waals surface area contributed by atoms with E-state index in [1.165, 1.54) is 5.56 Å². The molecular formula is C16H23N3O. The van der Waals surface area contributed by atoms with Gasteiger partial charge in [0.15, 0.2) is 0 Å². The molecule has 0 aliphatic heterocycles. The molecule has 0 saturated heterocycles. The largest absolute Gasteiger partial charge is 0.494 e. The molecule has 108 valence electrons. The maximum atomic E-state index is 5.70. The molecular weight excluding hydrogens is 250 g/mol. The van der Waals surface area contributed by atoms with Gasteiger partial charge in [-0.05, 0) is 30.0 Å². The number of hydrogen-bond donors (Lipinski definition) is 2. The first kappa shape index (κ1) is 14.6. The molecule has 2 rings (SSSR count). The second-order valence-electron chi connectivity index (χ2n) is 5.31. The third-order valence-corrected chi connectivity index (χ3v) is 3.06. The number of ether oxygens (including phenoxy) is 1. The summed E-state index contributed by atoms with van der Waals surface area (Å²) in [7, 11) is 0. The molecule has 0 aliphatic rings.